The monoisotopic (exact) mass is 264 g/mol. The minimum Gasteiger partial charge on any atom is -0.448 e. The number of hydrogen-bond donors (Lipinski definition) is 2. The Bertz CT molecular complexity index is 504. The number of esters is 1. The van der Waals surface area contributed by atoms with Crippen molar-refractivity contribution in [2.45, 2.75) is 20.0 Å². The minimum absolute atomic E-state index is 0.133. The molecule has 0 aliphatic rings. The van der Waals surface area contributed by atoms with Gasteiger partial charge in [0.05, 0.1) is 0 Å². The lowest BCUT2D eigenvalue weighted by atomic mass is 10.2. The normalized spacial score (nSPS) is 11.5. The first kappa shape index (κ1) is 14.7. The second kappa shape index (κ2) is 6.53. The maximum atomic E-state index is 11.7. The number of aromatic nitrogens is 1. The summed E-state index contributed by atoms with van der Waals surface area (Å²) in [5.74, 6) is -1.26. The van der Waals surface area contributed by atoms with E-state index in [1.165, 1.54) is 32.2 Å². The highest BCUT2D eigenvalue weighted by Crippen LogP contribution is 2.07. The molecule has 0 aliphatic carbocycles. The lowest BCUT2D eigenvalue weighted by molar-refractivity contribution is -0.128. The van der Waals surface area contributed by atoms with Crippen LogP contribution in [0.1, 0.15) is 34.7 Å². The van der Waals surface area contributed by atoms with E-state index in [1.54, 1.807) is 0 Å². The summed E-state index contributed by atoms with van der Waals surface area (Å²) >= 11 is 0. The molecular formula is C13H16N2O4. The summed E-state index contributed by atoms with van der Waals surface area (Å²) in [4.78, 5) is 36.9. The molecule has 0 saturated carbocycles. The van der Waals surface area contributed by atoms with Crippen LogP contribution in [0, 0.1) is 0 Å². The maximum Gasteiger partial charge on any atom is 0.355 e. The summed E-state index contributed by atoms with van der Waals surface area (Å²) in [6.45, 7) is 6.62. The van der Waals surface area contributed by atoms with Gasteiger partial charge in [0.2, 0.25) is 0 Å². The van der Waals surface area contributed by atoms with E-state index in [0.29, 0.717) is 12.1 Å². The number of carbonyl (C=O) groups excluding carboxylic acids is 3. The van der Waals surface area contributed by atoms with E-state index in [4.69, 9.17) is 4.74 Å². The van der Waals surface area contributed by atoms with Gasteiger partial charge in [-0.1, -0.05) is 6.08 Å². The van der Waals surface area contributed by atoms with Gasteiger partial charge in [-0.25, -0.2) is 4.79 Å². The van der Waals surface area contributed by atoms with Crippen LogP contribution in [-0.2, 0) is 9.53 Å². The highest BCUT2D eigenvalue weighted by atomic mass is 16.5. The van der Waals surface area contributed by atoms with Crippen molar-refractivity contribution in [1.29, 1.82) is 0 Å². The average molecular weight is 264 g/mol. The van der Waals surface area contributed by atoms with Gasteiger partial charge in [-0.05, 0) is 19.9 Å². The predicted octanol–water partition coefficient (Wildman–Crippen LogP) is 1.06. The molecule has 0 fully saturated rings. The largest absolute Gasteiger partial charge is 0.448 e. The van der Waals surface area contributed by atoms with Gasteiger partial charge in [-0.15, -0.1) is 6.58 Å². The summed E-state index contributed by atoms with van der Waals surface area (Å²) in [6, 6.07) is 1.39. The van der Waals surface area contributed by atoms with Gasteiger partial charge < -0.3 is 15.0 Å². The maximum absolute atomic E-state index is 11.7. The topological polar surface area (TPSA) is 88.3 Å². The zero-order chi connectivity index (χ0) is 14.4. The van der Waals surface area contributed by atoms with Gasteiger partial charge in [0.15, 0.2) is 11.9 Å². The van der Waals surface area contributed by atoms with E-state index in [-0.39, 0.29) is 11.5 Å². The number of hydrogen-bond acceptors (Lipinski definition) is 4. The van der Waals surface area contributed by atoms with Crippen molar-refractivity contribution in [3.05, 3.63) is 36.2 Å². The van der Waals surface area contributed by atoms with Crippen LogP contribution in [0.2, 0.25) is 0 Å². The van der Waals surface area contributed by atoms with Gasteiger partial charge in [0.1, 0.15) is 5.69 Å². The van der Waals surface area contributed by atoms with Crippen molar-refractivity contribution in [2.24, 2.45) is 0 Å². The Hall–Kier alpha value is -2.37. The van der Waals surface area contributed by atoms with E-state index in [0.717, 1.165) is 0 Å². The molecular weight excluding hydrogens is 248 g/mol. The summed E-state index contributed by atoms with van der Waals surface area (Å²) in [5.41, 5.74) is 0.518. The molecule has 1 aromatic rings. The molecule has 19 heavy (non-hydrogen) atoms. The molecule has 6 heteroatoms. The first-order chi connectivity index (χ1) is 8.95. The van der Waals surface area contributed by atoms with Crippen LogP contribution < -0.4 is 5.32 Å². The molecule has 1 rings (SSSR count). The van der Waals surface area contributed by atoms with Crippen molar-refractivity contribution in [3.8, 4) is 0 Å². The quantitative estimate of drug-likeness (QED) is 0.457. The first-order valence-corrected chi connectivity index (χ1v) is 5.74. The first-order valence-electron chi connectivity index (χ1n) is 5.74. The summed E-state index contributed by atoms with van der Waals surface area (Å²) in [6.07, 6.45) is 2.02. The van der Waals surface area contributed by atoms with Crippen LogP contribution in [0.15, 0.2) is 24.9 Å². The fraction of sp³-hybridized carbons (Fsp3) is 0.308. The molecule has 1 atom stereocenters. The molecule has 0 bridgehead atoms. The molecule has 0 spiro atoms. The van der Waals surface area contributed by atoms with Crippen molar-refractivity contribution in [2.75, 3.05) is 6.54 Å². The van der Waals surface area contributed by atoms with Crippen LogP contribution in [0.3, 0.4) is 0 Å². The van der Waals surface area contributed by atoms with Crippen LogP contribution in [0.5, 0.6) is 0 Å². The van der Waals surface area contributed by atoms with E-state index in [1.807, 2.05) is 0 Å². The second-order valence-corrected chi connectivity index (χ2v) is 3.94. The average Bonchev–Trinajstić information content (AvgIpc) is 2.85. The van der Waals surface area contributed by atoms with Crippen molar-refractivity contribution in [3.63, 3.8) is 0 Å². The SMILES string of the molecule is C=CCNC(=O)C(C)OC(=O)c1cc(C(C)=O)c[nH]1. The molecule has 0 aliphatic heterocycles. The molecule has 2 N–H and O–H groups in total. The number of carbonyl (C=O) groups is 3. The number of ketones is 1. The number of ether oxygens (including phenoxy) is 1. The molecule has 102 valence electrons. The summed E-state index contributed by atoms with van der Waals surface area (Å²) in [5, 5.41) is 2.51. The van der Waals surface area contributed by atoms with Crippen LogP contribution in [-0.4, -0.2) is 35.3 Å². The number of amides is 1. The smallest absolute Gasteiger partial charge is 0.355 e. The minimum atomic E-state index is -0.920. The van der Waals surface area contributed by atoms with Crippen LogP contribution in [0.4, 0.5) is 0 Å². The zero-order valence-corrected chi connectivity index (χ0v) is 10.9. The molecule has 1 aromatic heterocycles. The third-order valence-electron chi connectivity index (χ3n) is 2.38. The van der Waals surface area contributed by atoms with Gasteiger partial charge in [-0.3, -0.25) is 9.59 Å². The Balaban J connectivity index is 2.60. The standard InChI is InChI=1S/C13H16N2O4/c1-4-5-14-12(17)9(3)19-13(18)11-6-10(7-15-11)8(2)16/h4,6-7,9,15H,1,5H2,2-3H3,(H,14,17). The molecule has 0 saturated heterocycles. The van der Waals surface area contributed by atoms with Gasteiger partial charge in [0.25, 0.3) is 5.91 Å². The predicted molar refractivity (Wildman–Crippen MR) is 68.9 cm³/mol. The van der Waals surface area contributed by atoms with E-state index >= 15 is 0 Å². The summed E-state index contributed by atoms with van der Waals surface area (Å²) < 4.78 is 4.96. The van der Waals surface area contributed by atoms with E-state index in [9.17, 15) is 14.4 Å². The molecule has 0 radical (unpaired) electrons. The van der Waals surface area contributed by atoms with Crippen molar-refractivity contribution in [1.82, 2.24) is 10.3 Å². The fourth-order valence-corrected chi connectivity index (χ4v) is 1.31. The molecule has 1 unspecified atom stereocenters. The second-order valence-electron chi connectivity index (χ2n) is 3.94. The number of nitrogens with one attached hydrogen (secondary N) is 2. The van der Waals surface area contributed by atoms with E-state index in [2.05, 4.69) is 16.9 Å². The van der Waals surface area contributed by atoms with E-state index < -0.39 is 18.0 Å². The van der Waals surface area contributed by atoms with Crippen molar-refractivity contribution >= 4 is 17.7 Å². The van der Waals surface area contributed by atoms with Crippen molar-refractivity contribution < 1.29 is 19.1 Å². The third kappa shape index (κ3) is 4.09. The highest BCUT2D eigenvalue weighted by molar-refractivity contribution is 5.98. The number of rotatable bonds is 6. The molecule has 6 nitrogen and oxygen atoms in total. The lowest BCUT2D eigenvalue weighted by Crippen LogP contribution is -2.35. The number of Topliss-reactive ketones (excluding diaryl/α,β-unsaturated/α-hetero) is 1. The fourth-order valence-electron chi connectivity index (χ4n) is 1.31. The Morgan fingerprint density at radius 1 is 1.53 bits per heavy atom. The molecule has 1 heterocycles. The molecule has 0 aromatic carbocycles. The lowest BCUT2D eigenvalue weighted by Gasteiger charge is -2.11. The number of H-pyrrole nitrogens is 1. The van der Waals surface area contributed by atoms with Gasteiger partial charge >= 0.3 is 5.97 Å². The third-order valence-corrected chi connectivity index (χ3v) is 2.38. The van der Waals surface area contributed by atoms with Crippen LogP contribution in [0.25, 0.3) is 0 Å². The Morgan fingerprint density at radius 3 is 2.74 bits per heavy atom. The Kier molecular flexibility index (Phi) is 5.05. The Morgan fingerprint density at radius 2 is 2.21 bits per heavy atom. The highest BCUT2D eigenvalue weighted by Gasteiger charge is 2.19. The summed E-state index contributed by atoms with van der Waals surface area (Å²) in [7, 11) is 0. The molecule has 1 amide bonds. The number of aromatic amines is 1. The van der Waals surface area contributed by atoms with Gasteiger partial charge in [0, 0.05) is 18.3 Å². The van der Waals surface area contributed by atoms with Crippen LogP contribution >= 0.6 is 0 Å². The zero-order valence-electron chi connectivity index (χ0n) is 10.9. The van der Waals surface area contributed by atoms with Gasteiger partial charge in [-0.2, -0.15) is 0 Å². The Labute approximate surface area is 110 Å².